The molecule has 9 nitrogen and oxygen atoms in total. The largest absolute Gasteiger partial charge is 0.457 e. The van der Waals surface area contributed by atoms with E-state index in [0.717, 1.165) is 12.1 Å². The average molecular weight is 579 g/mol. The summed E-state index contributed by atoms with van der Waals surface area (Å²) in [5.74, 6) is 0.108. The van der Waals surface area contributed by atoms with Gasteiger partial charge in [0.25, 0.3) is 5.91 Å². The molecule has 41 heavy (non-hydrogen) atoms. The van der Waals surface area contributed by atoms with Crippen molar-refractivity contribution in [2.75, 3.05) is 10.6 Å². The first-order chi connectivity index (χ1) is 19.6. The Labute approximate surface area is 236 Å². The maximum Gasteiger partial charge on any atom is 0.417 e. The van der Waals surface area contributed by atoms with Crippen LogP contribution >= 0.6 is 11.6 Å². The highest BCUT2D eigenvalue weighted by molar-refractivity contribution is 6.31. The van der Waals surface area contributed by atoms with E-state index in [2.05, 4.69) is 26.1 Å². The van der Waals surface area contributed by atoms with E-state index in [-0.39, 0.29) is 11.4 Å². The van der Waals surface area contributed by atoms with Crippen LogP contribution in [0.2, 0.25) is 5.02 Å². The molecule has 3 amide bonds. The molecule has 0 aliphatic rings. The third kappa shape index (κ3) is 8.04. The van der Waals surface area contributed by atoms with Crippen molar-refractivity contribution in [2.45, 2.75) is 6.18 Å². The number of amides is 3. The second-order valence-corrected chi connectivity index (χ2v) is 8.61. The number of carbonyl (C=O) groups is 2. The summed E-state index contributed by atoms with van der Waals surface area (Å²) in [5.41, 5.74) is 2.79. The predicted molar refractivity (Wildman–Crippen MR) is 146 cm³/mol. The van der Waals surface area contributed by atoms with Gasteiger partial charge in [-0.2, -0.15) is 23.5 Å². The van der Waals surface area contributed by atoms with Gasteiger partial charge in [0.1, 0.15) is 17.2 Å². The molecule has 0 fully saturated rings. The number of hydrazone groups is 1. The number of hydrogen-bond acceptors (Lipinski definition) is 6. The number of rotatable bonds is 7. The van der Waals surface area contributed by atoms with Gasteiger partial charge >= 0.3 is 12.2 Å². The Bertz CT molecular complexity index is 1640. The lowest BCUT2D eigenvalue weighted by atomic mass is 10.2. The molecule has 206 valence electrons. The molecule has 0 aliphatic carbocycles. The van der Waals surface area contributed by atoms with Crippen molar-refractivity contribution in [3.05, 3.63) is 112 Å². The van der Waals surface area contributed by atoms with E-state index in [1.807, 2.05) is 6.07 Å². The molecule has 0 unspecified atom stereocenters. The minimum atomic E-state index is -4.67. The number of benzene rings is 3. The molecular formula is C28H18ClF3N6O3. The number of pyridine rings is 1. The summed E-state index contributed by atoms with van der Waals surface area (Å²) in [5, 5.41) is 17.1. The number of carbonyl (C=O) groups excluding carboxylic acids is 2. The Hall–Kier alpha value is -5.41. The molecule has 0 aliphatic heterocycles. The van der Waals surface area contributed by atoms with Crippen molar-refractivity contribution < 1.29 is 27.5 Å². The monoisotopic (exact) mass is 578 g/mol. The van der Waals surface area contributed by atoms with Gasteiger partial charge in [-0.1, -0.05) is 23.7 Å². The van der Waals surface area contributed by atoms with E-state index in [9.17, 15) is 22.8 Å². The molecule has 0 spiro atoms. The Kier molecular flexibility index (Phi) is 8.81. The van der Waals surface area contributed by atoms with E-state index in [1.165, 1.54) is 42.7 Å². The number of aromatic nitrogens is 1. The molecule has 3 N–H and O–H groups in total. The summed E-state index contributed by atoms with van der Waals surface area (Å²) in [6, 6.07) is 20.0. The summed E-state index contributed by atoms with van der Waals surface area (Å²) in [7, 11) is 0. The maximum absolute atomic E-state index is 13.0. The number of nitrogens with zero attached hydrogens (tertiary/aromatic N) is 3. The summed E-state index contributed by atoms with van der Waals surface area (Å²) < 4.78 is 44.9. The van der Waals surface area contributed by atoms with Crippen molar-refractivity contribution >= 4 is 41.1 Å². The first kappa shape index (κ1) is 28.6. The zero-order chi connectivity index (χ0) is 29.4. The number of halogens is 4. The summed E-state index contributed by atoms with van der Waals surface area (Å²) in [6.07, 6.45) is -1.86. The molecular weight excluding hydrogens is 561 g/mol. The van der Waals surface area contributed by atoms with Crippen molar-refractivity contribution in [3.8, 4) is 17.6 Å². The normalized spacial score (nSPS) is 11.0. The maximum atomic E-state index is 13.0. The van der Waals surface area contributed by atoms with Crippen LogP contribution in [0.4, 0.5) is 29.3 Å². The van der Waals surface area contributed by atoms with Crippen molar-refractivity contribution in [2.24, 2.45) is 5.10 Å². The third-order valence-corrected chi connectivity index (χ3v) is 5.59. The Morgan fingerprint density at radius 3 is 2.29 bits per heavy atom. The van der Waals surface area contributed by atoms with Crippen LogP contribution in [0.1, 0.15) is 27.2 Å². The second-order valence-electron chi connectivity index (χ2n) is 8.21. The van der Waals surface area contributed by atoms with Gasteiger partial charge in [-0.15, -0.1) is 0 Å². The van der Waals surface area contributed by atoms with E-state index in [4.69, 9.17) is 21.6 Å². The van der Waals surface area contributed by atoms with Crippen LogP contribution in [0.5, 0.6) is 11.5 Å². The molecule has 0 saturated carbocycles. The minimum Gasteiger partial charge on any atom is -0.457 e. The van der Waals surface area contributed by atoms with Gasteiger partial charge in [-0.05, 0) is 66.2 Å². The van der Waals surface area contributed by atoms with Crippen LogP contribution in [0.3, 0.4) is 0 Å². The number of urea groups is 1. The number of nitriles is 1. The van der Waals surface area contributed by atoms with E-state index in [0.29, 0.717) is 28.3 Å². The fourth-order valence-corrected chi connectivity index (χ4v) is 3.55. The van der Waals surface area contributed by atoms with Gasteiger partial charge in [0.05, 0.1) is 28.4 Å². The molecule has 4 aromatic rings. The van der Waals surface area contributed by atoms with Crippen LogP contribution in [-0.4, -0.2) is 23.1 Å². The first-order valence-corrected chi connectivity index (χ1v) is 12.0. The van der Waals surface area contributed by atoms with Crippen molar-refractivity contribution in [3.63, 3.8) is 0 Å². The molecule has 0 bridgehead atoms. The molecule has 1 heterocycles. The number of nitrogens with one attached hydrogen (secondary N) is 3. The molecule has 0 radical (unpaired) electrons. The van der Waals surface area contributed by atoms with Crippen LogP contribution < -0.4 is 20.8 Å². The van der Waals surface area contributed by atoms with Gasteiger partial charge in [0, 0.05) is 23.6 Å². The zero-order valence-corrected chi connectivity index (χ0v) is 21.5. The summed E-state index contributed by atoms with van der Waals surface area (Å²) in [4.78, 5) is 28.7. The molecule has 4 rings (SSSR count). The summed E-state index contributed by atoms with van der Waals surface area (Å²) in [6.45, 7) is 0. The Balaban J connectivity index is 1.32. The lowest BCUT2D eigenvalue weighted by Crippen LogP contribution is -2.19. The predicted octanol–water partition coefficient (Wildman–Crippen LogP) is 6.83. The Morgan fingerprint density at radius 2 is 1.61 bits per heavy atom. The fourth-order valence-electron chi connectivity index (χ4n) is 3.32. The van der Waals surface area contributed by atoms with Crippen LogP contribution in [0, 0.1) is 11.3 Å². The van der Waals surface area contributed by atoms with Gasteiger partial charge in [0.2, 0.25) is 0 Å². The number of hydrogen-bond donors (Lipinski definition) is 3. The molecule has 13 heteroatoms. The van der Waals surface area contributed by atoms with Gasteiger partial charge in [0.15, 0.2) is 0 Å². The lowest BCUT2D eigenvalue weighted by Gasteiger charge is -2.12. The number of alkyl halides is 3. The quantitative estimate of drug-likeness (QED) is 0.164. The smallest absolute Gasteiger partial charge is 0.417 e. The van der Waals surface area contributed by atoms with E-state index >= 15 is 0 Å². The number of anilines is 2. The van der Waals surface area contributed by atoms with Crippen LogP contribution in [-0.2, 0) is 6.18 Å². The van der Waals surface area contributed by atoms with Crippen molar-refractivity contribution in [1.82, 2.24) is 10.4 Å². The van der Waals surface area contributed by atoms with Gasteiger partial charge < -0.3 is 15.4 Å². The second kappa shape index (κ2) is 12.6. The highest BCUT2D eigenvalue weighted by Gasteiger charge is 2.33. The zero-order valence-electron chi connectivity index (χ0n) is 20.7. The SMILES string of the molecule is N#Cc1ccc(/C=N/NC(=O)c2cc(Oc3ccc(NC(=O)Nc4ccc(Cl)c(C(F)(F)F)c4)cc3)ccn2)cc1. The van der Waals surface area contributed by atoms with E-state index in [1.54, 1.807) is 36.4 Å². The van der Waals surface area contributed by atoms with E-state index < -0.39 is 28.7 Å². The minimum absolute atomic E-state index is 0.0466. The van der Waals surface area contributed by atoms with Gasteiger partial charge in [-0.25, -0.2) is 10.2 Å². The van der Waals surface area contributed by atoms with Crippen molar-refractivity contribution in [1.29, 1.82) is 5.26 Å². The van der Waals surface area contributed by atoms with Crippen LogP contribution in [0.25, 0.3) is 0 Å². The Morgan fingerprint density at radius 1 is 0.927 bits per heavy atom. The standard InChI is InChI=1S/C28H18ClF3N6O3/c29-24-10-7-20(13-23(24)28(30,31)32)37-27(40)36-19-5-8-21(9-6-19)41-22-11-12-34-25(14-22)26(39)38-35-16-18-3-1-17(15-33)2-4-18/h1-14,16H,(H,38,39)(H2,36,37,40)/b35-16+. The van der Waals surface area contributed by atoms with Gasteiger partial charge in [-0.3, -0.25) is 9.78 Å². The molecule has 0 saturated heterocycles. The topological polar surface area (TPSA) is 128 Å². The van der Waals surface area contributed by atoms with Crippen LogP contribution in [0.15, 0.2) is 90.2 Å². The summed E-state index contributed by atoms with van der Waals surface area (Å²) >= 11 is 5.60. The molecule has 1 aromatic heterocycles. The highest BCUT2D eigenvalue weighted by atomic mass is 35.5. The highest BCUT2D eigenvalue weighted by Crippen LogP contribution is 2.36. The molecule has 3 aromatic carbocycles. The fraction of sp³-hybridized carbons (Fsp3) is 0.0357. The third-order valence-electron chi connectivity index (χ3n) is 5.26. The lowest BCUT2D eigenvalue weighted by molar-refractivity contribution is -0.137. The first-order valence-electron chi connectivity index (χ1n) is 11.6. The number of ether oxygens (including phenoxy) is 1. The average Bonchev–Trinajstić information content (AvgIpc) is 2.95. The molecule has 0 atom stereocenters.